The fraction of sp³-hybridized carbons (Fsp3) is 0.222. The number of hydrogen-bond donors (Lipinski definition) is 1. The highest BCUT2D eigenvalue weighted by Gasteiger charge is 2.35. The maximum atomic E-state index is 13.9. The zero-order chi connectivity index (χ0) is 17.3. The quantitative estimate of drug-likeness (QED) is 0.939. The molecule has 1 aliphatic rings. The molecule has 24 heavy (non-hydrogen) atoms. The molecule has 0 saturated heterocycles. The van der Waals surface area contributed by atoms with E-state index in [9.17, 15) is 19.1 Å². The van der Waals surface area contributed by atoms with Crippen molar-refractivity contribution >= 4 is 11.9 Å². The van der Waals surface area contributed by atoms with Crippen molar-refractivity contribution in [3.63, 3.8) is 0 Å². The summed E-state index contributed by atoms with van der Waals surface area (Å²) in [4.78, 5) is 25.6. The lowest BCUT2D eigenvalue weighted by molar-refractivity contribution is -0.142. The van der Waals surface area contributed by atoms with Crippen molar-refractivity contribution in [2.45, 2.75) is 19.0 Å². The Hall–Kier alpha value is -2.89. The number of fused-ring (bicyclic) bond motifs is 1. The molecule has 0 aliphatic carbocycles. The van der Waals surface area contributed by atoms with Gasteiger partial charge in [-0.2, -0.15) is 0 Å². The third kappa shape index (κ3) is 2.82. The van der Waals surface area contributed by atoms with Gasteiger partial charge in [0.05, 0.1) is 7.11 Å². The molecule has 1 N–H and O–H groups in total. The number of halogens is 1. The van der Waals surface area contributed by atoms with Crippen LogP contribution in [0.4, 0.5) is 4.39 Å². The van der Waals surface area contributed by atoms with E-state index < -0.39 is 23.7 Å². The number of carboxylic acids is 1. The van der Waals surface area contributed by atoms with Gasteiger partial charge in [0.25, 0.3) is 5.91 Å². The third-order valence-electron chi connectivity index (χ3n) is 4.19. The van der Waals surface area contributed by atoms with E-state index in [2.05, 4.69) is 0 Å². The van der Waals surface area contributed by atoms with E-state index in [4.69, 9.17) is 4.74 Å². The summed E-state index contributed by atoms with van der Waals surface area (Å²) in [6.45, 7) is 0.180. The molecular weight excluding hydrogens is 313 g/mol. The number of carbonyl (C=O) groups is 2. The van der Waals surface area contributed by atoms with Crippen LogP contribution in [0, 0.1) is 5.82 Å². The molecule has 1 atom stereocenters. The lowest BCUT2D eigenvalue weighted by Gasteiger charge is -2.34. The summed E-state index contributed by atoms with van der Waals surface area (Å²) in [5.74, 6) is -2.22. The minimum atomic E-state index is -1.08. The highest BCUT2D eigenvalue weighted by Crippen LogP contribution is 2.26. The largest absolute Gasteiger partial charge is 0.494 e. The fourth-order valence-electron chi connectivity index (χ4n) is 2.92. The van der Waals surface area contributed by atoms with Crippen LogP contribution in [-0.4, -0.2) is 35.0 Å². The first-order valence-electron chi connectivity index (χ1n) is 7.45. The Morgan fingerprint density at radius 1 is 1.21 bits per heavy atom. The van der Waals surface area contributed by atoms with Gasteiger partial charge in [-0.25, -0.2) is 9.18 Å². The van der Waals surface area contributed by atoms with Gasteiger partial charge in [-0.15, -0.1) is 0 Å². The monoisotopic (exact) mass is 329 g/mol. The molecule has 0 spiro atoms. The molecule has 2 aromatic carbocycles. The Morgan fingerprint density at radius 3 is 2.54 bits per heavy atom. The Balaban J connectivity index is 1.95. The smallest absolute Gasteiger partial charge is 0.326 e. The Morgan fingerprint density at radius 2 is 1.92 bits per heavy atom. The second-order valence-electron chi connectivity index (χ2n) is 5.61. The molecule has 1 heterocycles. The van der Waals surface area contributed by atoms with Crippen LogP contribution in [0.5, 0.6) is 5.75 Å². The molecule has 0 aromatic heterocycles. The van der Waals surface area contributed by atoms with Gasteiger partial charge < -0.3 is 14.7 Å². The van der Waals surface area contributed by atoms with Crippen LogP contribution in [0.3, 0.4) is 0 Å². The molecule has 0 saturated carbocycles. The van der Waals surface area contributed by atoms with Crippen molar-refractivity contribution in [2.75, 3.05) is 7.11 Å². The van der Waals surface area contributed by atoms with Crippen LogP contribution in [0.25, 0.3) is 0 Å². The van der Waals surface area contributed by atoms with E-state index in [-0.39, 0.29) is 24.3 Å². The second-order valence-corrected chi connectivity index (χ2v) is 5.61. The highest BCUT2D eigenvalue weighted by molar-refractivity contribution is 5.97. The average Bonchev–Trinajstić information content (AvgIpc) is 2.59. The van der Waals surface area contributed by atoms with Gasteiger partial charge in [0.1, 0.15) is 6.04 Å². The minimum Gasteiger partial charge on any atom is -0.494 e. The van der Waals surface area contributed by atoms with E-state index in [0.717, 1.165) is 17.2 Å². The predicted octanol–water partition coefficient (Wildman–Crippen LogP) is 2.49. The van der Waals surface area contributed by atoms with Gasteiger partial charge in [-0.3, -0.25) is 4.79 Å². The first kappa shape index (κ1) is 16.0. The summed E-state index contributed by atoms with van der Waals surface area (Å²) in [6.07, 6.45) is 0.232. The summed E-state index contributed by atoms with van der Waals surface area (Å²) < 4.78 is 18.7. The van der Waals surface area contributed by atoms with E-state index in [1.54, 1.807) is 0 Å². The Kier molecular flexibility index (Phi) is 4.20. The van der Waals surface area contributed by atoms with Crippen LogP contribution >= 0.6 is 0 Å². The van der Waals surface area contributed by atoms with Gasteiger partial charge in [-0.1, -0.05) is 24.3 Å². The first-order valence-corrected chi connectivity index (χ1v) is 7.45. The zero-order valence-corrected chi connectivity index (χ0v) is 13.0. The van der Waals surface area contributed by atoms with Gasteiger partial charge in [0, 0.05) is 18.5 Å². The minimum absolute atomic E-state index is 0.0327. The number of nitrogens with zero attached hydrogens (tertiary/aromatic N) is 1. The molecular formula is C18H16FNO4. The topological polar surface area (TPSA) is 66.8 Å². The number of aliphatic carboxylic acids is 1. The highest BCUT2D eigenvalue weighted by atomic mass is 19.1. The van der Waals surface area contributed by atoms with Crippen molar-refractivity contribution in [1.29, 1.82) is 0 Å². The number of ether oxygens (including phenoxy) is 1. The zero-order valence-electron chi connectivity index (χ0n) is 13.0. The molecule has 1 amide bonds. The molecule has 6 heteroatoms. The molecule has 5 nitrogen and oxygen atoms in total. The van der Waals surface area contributed by atoms with Crippen LogP contribution in [0.2, 0.25) is 0 Å². The molecule has 2 aromatic rings. The Bertz CT molecular complexity index is 805. The summed E-state index contributed by atoms with van der Waals surface area (Å²) >= 11 is 0. The third-order valence-corrected chi connectivity index (χ3v) is 4.19. The Labute approximate surface area is 138 Å². The summed E-state index contributed by atoms with van der Waals surface area (Å²) in [5.41, 5.74) is 1.91. The molecule has 0 unspecified atom stereocenters. The molecule has 124 valence electrons. The van der Waals surface area contributed by atoms with Gasteiger partial charge in [0.15, 0.2) is 11.6 Å². The second kappa shape index (κ2) is 6.31. The van der Waals surface area contributed by atoms with E-state index in [1.807, 2.05) is 24.3 Å². The lowest BCUT2D eigenvalue weighted by Crippen LogP contribution is -2.48. The SMILES string of the molecule is COc1ccc(C(=O)N2Cc3ccccc3C[C@@H]2C(=O)O)cc1F. The van der Waals surface area contributed by atoms with Crippen molar-refractivity contribution in [2.24, 2.45) is 0 Å². The van der Waals surface area contributed by atoms with Crippen LogP contribution in [0.15, 0.2) is 42.5 Å². The van der Waals surface area contributed by atoms with Crippen LogP contribution in [0.1, 0.15) is 21.5 Å². The molecule has 0 bridgehead atoms. The van der Waals surface area contributed by atoms with Crippen LogP contribution < -0.4 is 4.74 Å². The molecule has 1 aliphatic heterocycles. The molecule has 3 rings (SSSR count). The van der Waals surface area contributed by atoms with Crippen molar-refractivity contribution in [1.82, 2.24) is 4.90 Å². The van der Waals surface area contributed by atoms with Gasteiger partial charge in [0.2, 0.25) is 0 Å². The number of amides is 1. The molecule has 0 radical (unpaired) electrons. The number of hydrogen-bond acceptors (Lipinski definition) is 3. The molecule has 0 fully saturated rings. The number of rotatable bonds is 3. The number of benzene rings is 2. The summed E-state index contributed by atoms with van der Waals surface area (Å²) in [7, 11) is 1.34. The number of carboxylic acid groups (broad SMARTS) is 1. The van der Waals surface area contributed by atoms with Gasteiger partial charge in [-0.05, 0) is 29.3 Å². The summed E-state index contributed by atoms with van der Waals surface area (Å²) in [5, 5.41) is 9.48. The lowest BCUT2D eigenvalue weighted by atomic mass is 9.93. The van der Waals surface area contributed by atoms with Crippen LogP contribution in [-0.2, 0) is 17.8 Å². The number of methoxy groups -OCH3 is 1. The normalized spacial score (nSPS) is 16.4. The maximum Gasteiger partial charge on any atom is 0.326 e. The van der Waals surface area contributed by atoms with Crippen molar-refractivity contribution < 1.29 is 23.8 Å². The fourth-order valence-corrected chi connectivity index (χ4v) is 2.92. The maximum absolute atomic E-state index is 13.9. The van der Waals surface area contributed by atoms with Crippen molar-refractivity contribution in [3.05, 3.63) is 65.0 Å². The van der Waals surface area contributed by atoms with E-state index in [1.165, 1.54) is 24.1 Å². The predicted molar refractivity (Wildman–Crippen MR) is 84.4 cm³/mol. The standard InChI is InChI=1S/C18H16FNO4/c1-24-16-7-6-12(8-14(16)19)17(21)20-10-13-5-3-2-4-11(13)9-15(20)18(22)23/h2-8,15H,9-10H2,1H3,(H,22,23)/t15-/m1/s1. The van der Waals surface area contributed by atoms with Gasteiger partial charge >= 0.3 is 5.97 Å². The van der Waals surface area contributed by atoms with Crippen molar-refractivity contribution in [3.8, 4) is 5.75 Å². The first-order chi connectivity index (χ1) is 11.5. The van der Waals surface area contributed by atoms with E-state index in [0.29, 0.717) is 0 Å². The number of carbonyl (C=O) groups excluding carboxylic acids is 1. The van der Waals surface area contributed by atoms with E-state index >= 15 is 0 Å². The average molecular weight is 329 g/mol. The summed E-state index contributed by atoms with van der Waals surface area (Å²) in [6, 6.07) is 10.3.